The van der Waals surface area contributed by atoms with Crippen LogP contribution < -0.4 is 21.3 Å². The maximum atomic E-state index is 13.0. The summed E-state index contributed by atoms with van der Waals surface area (Å²) in [6.07, 6.45) is 4.03. The lowest BCUT2D eigenvalue weighted by atomic mass is 9.82. The van der Waals surface area contributed by atoms with Gasteiger partial charge in [0.1, 0.15) is 0 Å². The zero-order valence-electron chi connectivity index (χ0n) is 19.4. The molecular weight excluding hydrogens is 472 g/mol. The maximum absolute atomic E-state index is 13.0. The SMILES string of the molecule is C.NNc1nc(NCC2CCC(CNS(=O)(=O)c3cccc4ccccc34)CC2)nc2ccccc12. The van der Waals surface area contributed by atoms with Gasteiger partial charge in [-0.2, -0.15) is 4.98 Å². The highest BCUT2D eigenvalue weighted by Crippen LogP contribution is 2.30. The second-order valence-corrected chi connectivity index (χ2v) is 10.9. The average molecular weight is 507 g/mol. The van der Waals surface area contributed by atoms with Crippen LogP contribution in [0, 0.1) is 11.8 Å². The number of hydrazine groups is 1. The number of sulfonamides is 1. The average Bonchev–Trinajstić information content (AvgIpc) is 2.90. The van der Waals surface area contributed by atoms with Gasteiger partial charge in [0.05, 0.1) is 10.4 Å². The first kappa shape index (κ1) is 25.8. The van der Waals surface area contributed by atoms with E-state index in [9.17, 15) is 8.42 Å². The van der Waals surface area contributed by atoms with Crippen molar-refractivity contribution in [3.05, 3.63) is 66.7 Å². The molecule has 36 heavy (non-hydrogen) atoms. The molecule has 3 aromatic carbocycles. The second-order valence-electron chi connectivity index (χ2n) is 9.15. The number of fused-ring (bicyclic) bond motifs is 2. The number of anilines is 2. The predicted molar refractivity (Wildman–Crippen MR) is 147 cm³/mol. The molecule has 9 heteroatoms. The minimum absolute atomic E-state index is 0. The topological polar surface area (TPSA) is 122 Å². The Bertz CT molecular complexity index is 1430. The van der Waals surface area contributed by atoms with Gasteiger partial charge in [0.2, 0.25) is 16.0 Å². The van der Waals surface area contributed by atoms with Crippen molar-refractivity contribution in [2.45, 2.75) is 38.0 Å². The molecule has 1 aromatic heterocycles. The van der Waals surface area contributed by atoms with Crippen molar-refractivity contribution >= 4 is 43.5 Å². The number of rotatable bonds is 8. The van der Waals surface area contributed by atoms with Gasteiger partial charge in [-0.1, -0.05) is 56.0 Å². The molecule has 5 N–H and O–H groups in total. The van der Waals surface area contributed by atoms with E-state index in [-0.39, 0.29) is 7.43 Å². The summed E-state index contributed by atoms with van der Waals surface area (Å²) in [4.78, 5) is 9.43. The Kier molecular flexibility index (Phi) is 8.03. The fourth-order valence-electron chi connectivity index (χ4n) is 4.88. The van der Waals surface area contributed by atoms with Gasteiger partial charge in [-0.3, -0.25) is 0 Å². The smallest absolute Gasteiger partial charge is 0.241 e. The molecule has 1 fully saturated rings. The molecule has 0 saturated heterocycles. The number of benzene rings is 3. The van der Waals surface area contributed by atoms with Crippen molar-refractivity contribution in [2.24, 2.45) is 17.7 Å². The van der Waals surface area contributed by atoms with Gasteiger partial charge in [-0.25, -0.2) is 24.0 Å². The van der Waals surface area contributed by atoms with Crippen molar-refractivity contribution in [3.8, 4) is 0 Å². The number of para-hydroxylation sites is 1. The third-order valence-electron chi connectivity index (χ3n) is 6.86. The molecular formula is C27H34N6O2S. The van der Waals surface area contributed by atoms with Crippen LogP contribution in [0.2, 0.25) is 0 Å². The van der Waals surface area contributed by atoms with Crippen LogP contribution in [0.5, 0.6) is 0 Å². The maximum Gasteiger partial charge on any atom is 0.241 e. The molecule has 5 rings (SSSR count). The molecule has 8 nitrogen and oxygen atoms in total. The van der Waals surface area contributed by atoms with E-state index in [4.69, 9.17) is 5.84 Å². The number of hydrogen-bond donors (Lipinski definition) is 4. The highest BCUT2D eigenvalue weighted by atomic mass is 32.2. The van der Waals surface area contributed by atoms with Gasteiger partial charge in [-0.15, -0.1) is 0 Å². The number of aromatic nitrogens is 2. The van der Waals surface area contributed by atoms with Crippen LogP contribution in [0.3, 0.4) is 0 Å². The number of nitrogens with one attached hydrogen (secondary N) is 3. The predicted octanol–water partition coefficient (Wildman–Crippen LogP) is 4.90. The molecule has 1 saturated carbocycles. The number of nitrogens with two attached hydrogens (primary N) is 1. The van der Waals surface area contributed by atoms with Gasteiger partial charge < -0.3 is 10.7 Å². The summed E-state index contributed by atoms with van der Waals surface area (Å²) in [7, 11) is -3.57. The summed E-state index contributed by atoms with van der Waals surface area (Å²) in [5.74, 6) is 7.63. The van der Waals surface area contributed by atoms with E-state index < -0.39 is 10.0 Å². The molecule has 0 atom stereocenters. The normalized spacial score (nSPS) is 18.0. The van der Waals surface area contributed by atoms with Crippen LogP contribution in [-0.2, 0) is 10.0 Å². The van der Waals surface area contributed by atoms with Gasteiger partial charge in [0.15, 0.2) is 5.82 Å². The summed E-state index contributed by atoms with van der Waals surface area (Å²) in [5, 5.41) is 5.92. The van der Waals surface area contributed by atoms with Crippen LogP contribution in [-0.4, -0.2) is 31.5 Å². The first-order valence-corrected chi connectivity index (χ1v) is 13.5. The van der Waals surface area contributed by atoms with E-state index in [0.29, 0.717) is 35.0 Å². The lowest BCUT2D eigenvalue weighted by Gasteiger charge is -2.28. The molecule has 0 radical (unpaired) electrons. The Morgan fingerprint density at radius 2 is 1.44 bits per heavy atom. The first-order chi connectivity index (χ1) is 17.0. The molecule has 1 heterocycles. The summed E-state index contributed by atoms with van der Waals surface area (Å²) in [6.45, 7) is 1.24. The van der Waals surface area contributed by atoms with Gasteiger partial charge in [0, 0.05) is 23.9 Å². The third kappa shape index (κ3) is 5.59. The first-order valence-electron chi connectivity index (χ1n) is 12.0. The van der Waals surface area contributed by atoms with E-state index in [0.717, 1.165) is 53.9 Å². The van der Waals surface area contributed by atoms with Gasteiger partial charge in [0.25, 0.3) is 0 Å². The lowest BCUT2D eigenvalue weighted by Crippen LogP contribution is -2.32. The Hall–Kier alpha value is -3.27. The molecule has 190 valence electrons. The summed E-state index contributed by atoms with van der Waals surface area (Å²) in [5.41, 5.74) is 3.49. The van der Waals surface area contributed by atoms with E-state index in [1.54, 1.807) is 12.1 Å². The standard InChI is InChI=1S/C26H30N6O2S.CH4/c27-32-25-22-9-3-4-10-23(22)30-26(31-25)28-16-18-12-14-19(15-13-18)17-29-35(33,34)24-11-5-7-20-6-1-2-8-21(20)24;/h1-11,18-19,29H,12-17,27H2,(H2,28,30,31,32);1H4. The second kappa shape index (κ2) is 11.2. The largest absolute Gasteiger partial charge is 0.354 e. The fourth-order valence-corrected chi connectivity index (χ4v) is 6.22. The van der Waals surface area contributed by atoms with Gasteiger partial charge in [-0.05, 0) is 61.1 Å². The molecule has 1 aliphatic rings. The monoisotopic (exact) mass is 506 g/mol. The third-order valence-corrected chi connectivity index (χ3v) is 8.34. The molecule has 0 aliphatic heterocycles. The Labute approximate surface area is 212 Å². The van der Waals surface area contributed by atoms with E-state index in [1.165, 1.54) is 0 Å². The zero-order chi connectivity index (χ0) is 24.3. The van der Waals surface area contributed by atoms with Crippen LogP contribution in [0.15, 0.2) is 71.6 Å². The van der Waals surface area contributed by atoms with Crippen molar-refractivity contribution in [3.63, 3.8) is 0 Å². The molecule has 0 unspecified atom stereocenters. The van der Waals surface area contributed by atoms with Crippen molar-refractivity contribution < 1.29 is 8.42 Å². The lowest BCUT2D eigenvalue weighted by molar-refractivity contribution is 0.284. The van der Waals surface area contributed by atoms with E-state index in [2.05, 4.69) is 25.4 Å². The van der Waals surface area contributed by atoms with Crippen LogP contribution in [0.1, 0.15) is 33.1 Å². The fraction of sp³-hybridized carbons (Fsp3) is 0.333. The summed E-state index contributed by atoms with van der Waals surface area (Å²) < 4.78 is 28.9. The molecule has 4 aromatic rings. The molecule has 0 bridgehead atoms. The Balaban J connectivity index is 0.00000304. The molecule has 0 amide bonds. The van der Waals surface area contributed by atoms with Crippen LogP contribution in [0.4, 0.5) is 11.8 Å². The van der Waals surface area contributed by atoms with Crippen LogP contribution in [0.25, 0.3) is 21.7 Å². The Morgan fingerprint density at radius 3 is 2.19 bits per heavy atom. The van der Waals surface area contributed by atoms with Crippen molar-refractivity contribution in [1.29, 1.82) is 0 Å². The number of hydrogen-bond acceptors (Lipinski definition) is 7. The van der Waals surface area contributed by atoms with E-state index >= 15 is 0 Å². The summed E-state index contributed by atoms with van der Waals surface area (Å²) >= 11 is 0. The minimum Gasteiger partial charge on any atom is -0.354 e. The zero-order valence-corrected chi connectivity index (χ0v) is 20.3. The summed E-state index contributed by atoms with van der Waals surface area (Å²) in [6, 6.07) is 20.7. The van der Waals surface area contributed by atoms with E-state index in [1.807, 2.05) is 54.6 Å². The molecule has 1 aliphatic carbocycles. The minimum atomic E-state index is -3.57. The van der Waals surface area contributed by atoms with Crippen molar-refractivity contribution in [1.82, 2.24) is 14.7 Å². The quantitative estimate of drug-likeness (QED) is 0.198. The highest BCUT2D eigenvalue weighted by molar-refractivity contribution is 7.89. The Morgan fingerprint density at radius 1 is 0.806 bits per heavy atom. The van der Waals surface area contributed by atoms with Gasteiger partial charge >= 0.3 is 0 Å². The number of nitrogens with zero attached hydrogens (tertiary/aromatic N) is 2. The number of nitrogen functional groups attached to an aromatic ring is 1. The molecule has 0 spiro atoms. The highest BCUT2D eigenvalue weighted by Gasteiger charge is 2.24. The van der Waals surface area contributed by atoms with Crippen LogP contribution >= 0.6 is 0 Å². The van der Waals surface area contributed by atoms with Crippen molar-refractivity contribution in [2.75, 3.05) is 23.8 Å².